The van der Waals surface area contributed by atoms with Crippen molar-refractivity contribution in [1.82, 2.24) is 9.97 Å². The van der Waals surface area contributed by atoms with Crippen LogP contribution < -0.4 is 11.1 Å². The Morgan fingerprint density at radius 1 is 1.33 bits per heavy atom. The molecule has 3 N–H and O–H groups in total. The number of halogens is 1. The highest BCUT2D eigenvalue weighted by atomic mass is 79.9. The number of nitrogen functional groups attached to an aromatic ring is 1. The average molecular weight is 271 g/mol. The summed E-state index contributed by atoms with van der Waals surface area (Å²) in [6, 6.07) is 0.532. The van der Waals surface area contributed by atoms with Crippen LogP contribution in [0.25, 0.3) is 0 Å². The Balaban J connectivity index is 2.05. The van der Waals surface area contributed by atoms with Crippen molar-refractivity contribution in [2.45, 2.75) is 38.1 Å². The van der Waals surface area contributed by atoms with Crippen LogP contribution in [-0.4, -0.2) is 16.0 Å². The minimum Gasteiger partial charge on any atom is -0.368 e. The topological polar surface area (TPSA) is 63.8 Å². The lowest BCUT2D eigenvalue weighted by atomic mass is 9.95. The molecule has 5 heteroatoms. The van der Waals surface area contributed by atoms with Gasteiger partial charge in [0, 0.05) is 12.2 Å². The minimum atomic E-state index is 0.316. The van der Waals surface area contributed by atoms with Crippen molar-refractivity contribution in [2.24, 2.45) is 0 Å². The first-order chi connectivity index (χ1) is 7.25. The van der Waals surface area contributed by atoms with Gasteiger partial charge in [-0.05, 0) is 28.8 Å². The van der Waals surface area contributed by atoms with Crippen LogP contribution in [0.1, 0.15) is 32.1 Å². The summed E-state index contributed by atoms with van der Waals surface area (Å²) in [4.78, 5) is 8.09. The second-order valence-corrected chi connectivity index (χ2v) is 4.76. The SMILES string of the molecule is Nc1ncc(Br)c(NC2CCCCC2)n1. The maximum Gasteiger partial charge on any atom is 0.221 e. The van der Waals surface area contributed by atoms with Crippen LogP contribution in [0.2, 0.25) is 0 Å². The molecule has 0 saturated heterocycles. The number of nitrogens with one attached hydrogen (secondary N) is 1. The predicted octanol–water partition coefficient (Wildman–Crippen LogP) is 2.57. The van der Waals surface area contributed by atoms with Crippen LogP contribution in [0.15, 0.2) is 10.7 Å². The van der Waals surface area contributed by atoms with E-state index < -0.39 is 0 Å². The molecule has 0 aliphatic heterocycles. The zero-order chi connectivity index (χ0) is 10.7. The molecule has 1 aromatic rings. The fourth-order valence-corrected chi connectivity index (χ4v) is 2.23. The van der Waals surface area contributed by atoms with Crippen LogP contribution in [-0.2, 0) is 0 Å². The van der Waals surface area contributed by atoms with Crippen LogP contribution in [0.3, 0.4) is 0 Å². The number of aromatic nitrogens is 2. The smallest absolute Gasteiger partial charge is 0.221 e. The lowest BCUT2D eigenvalue weighted by molar-refractivity contribution is 0.461. The number of nitrogens with two attached hydrogens (primary N) is 1. The van der Waals surface area contributed by atoms with Crippen LogP contribution in [0, 0.1) is 0 Å². The fraction of sp³-hybridized carbons (Fsp3) is 0.600. The van der Waals surface area contributed by atoms with Crippen LogP contribution in [0.5, 0.6) is 0 Å². The molecule has 0 radical (unpaired) electrons. The van der Waals surface area contributed by atoms with Gasteiger partial charge >= 0.3 is 0 Å². The van der Waals surface area contributed by atoms with Gasteiger partial charge in [-0.2, -0.15) is 4.98 Å². The van der Waals surface area contributed by atoms with Crippen LogP contribution in [0.4, 0.5) is 11.8 Å². The fourth-order valence-electron chi connectivity index (χ4n) is 1.92. The summed E-state index contributed by atoms with van der Waals surface area (Å²) < 4.78 is 0.877. The maximum atomic E-state index is 5.55. The first-order valence-electron chi connectivity index (χ1n) is 5.30. The summed E-state index contributed by atoms with van der Waals surface area (Å²) >= 11 is 3.41. The van der Waals surface area contributed by atoms with Crippen molar-refractivity contribution in [2.75, 3.05) is 11.1 Å². The molecule has 0 aromatic carbocycles. The van der Waals surface area contributed by atoms with Gasteiger partial charge in [-0.3, -0.25) is 0 Å². The molecule has 0 amide bonds. The third-order valence-corrected chi connectivity index (χ3v) is 3.29. The van der Waals surface area contributed by atoms with E-state index in [0.29, 0.717) is 12.0 Å². The summed E-state index contributed by atoms with van der Waals surface area (Å²) in [6.45, 7) is 0. The Bertz CT molecular complexity index is 336. The Morgan fingerprint density at radius 3 is 2.80 bits per heavy atom. The molecule has 0 atom stereocenters. The van der Waals surface area contributed by atoms with E-state index in [9.17, 15) is 0 Å². The first kappa shape index (κ1) is 10.7. The van der Waals surface area contributed by atoms with Gasteiger partial charge in [0.1, 0.15) is 5.82 Å². The number of hydrogen-bond acceptors (Lipinski definition) is 4. The number of hydrogen-bond donors (Lipinski definition) is 2. The molecule has 1 heterocycles. The van der Waals surface area contributed by atoms with E-state index in [1.54, 1.807) is 6.20 Å². The zero-order valence-electron chi connectivity index (χ0n) is 8.54. The Morgan fingerprint density at radius 2 is 2.07 bits per heavy atom. The van der Waals surface area contributed by atoms with E-state index in [1.807, 2.05) is 0 Å². The minimum absolute atomic E-state index is 0.316. The molecule has 1 aliphatic rings. The van der Waals surface area contributed by atoms with Gasteiger partial charge in [0.2, 0.25) is 5.95 Å². The van der Waals surface area contributed by atoms with Crippen molar-refractivity contribution in [1.29, 1.82) is 0 Å². The van der Waals surface area contributed by atoms with Gasteiger partial charge in [0.15, 0.2) is 0 Å². The van der Waals surface area contributed by atoms with Crippen LogP contribution >= 0.6 is 15.9 Å². The average Bonchev–Trinajstić information content (AvgIpc) is 2.25. The van der Waals surface area contributed by atoms with E-state index in [2.05, 4.69) is 31.2 Å². The monoisotopic (exact) mass is 270 g/mol. The lowest BCUT2D eigenvalue weighted by Crippen LogP contribution is -2.23. The molecular formula is C10H15BrN4. The molecule has 1 fully saturated rings. The summed E-state index contributed by atoms with van der Waals surface area (Å²) in [5, 5.41) is 3.41. The second kappa shape index (κ2) is 4.79. The second-order valence-electron chi connectivity index (χ2n) is 3.90. The third kappa shape index (κ3) is 2.81. The van der Waals surface area contributed by atoms with Crippen molar-refractivity contribution >= 4 is 27.7 Å². The Labute approximate surface area is 97.8 Å². The lowest BCUT2D eigenvalue weighted by Gasteiger charge is -2.23. The number of anilines is 2. The zero-order valence-corrected chi connectivity index (χ0v) is 10.1. The van der Waals surface area contributed by atoms with Gasteiger partial charge in [-0.15, -0.1) is 0 Å². The normalized spacial score (nSPS) is 17.7. The Kier molecular flexibility index (Phi) is 3.41. The van der Waals surface area contributed by atoms with Gasteiger partial charge in [-0.25, -0.2) is 4.98 Å². The van der Waals surface area contributed by atoms with E-state index >= 15 is 0 Å². The molecule has 1 aliphatic carbocycles. The van der Waals surface area contributed by atoms with E-state index in [-0.39, 0.29) is 0 Å². The summed E-state index contributed by atoms with van der Waals surface area (Å²) in [7, 11) is 0. The molecule has 0 unspecified atom stereocenters. The summed E-state index contributed by atoms with van der Waals surface area (Å²) in [5.74, 6) is 1.13. The van der Waals surface area contributed by atoms with E-state index in [4.69, 9.17) is 5.73 Å². The van der Waals surface area contributed by atoms with Crippen molar-refractivity contribution in [3.63, 3.8) is 0 Å². The highest BCUT2D eigenvalue weighted by Gasteiger charge is 2.14. The van der Waals surface area contributed by atoms with Gasteiger partial charge in [-0.1, -0.05) is 19.3 Å². The highest BCUT2D eigenvalue weighted by Crippen LogP contribution is 2.25. The van der Waals surface area contributed by atoms with Gasteiger partial charge in [0.25, 0.3) is 0 Å². The molecule has 1 aromatic heterocycles. The maximum absolute atomic E-state index is 5.55. The van der Waals surface area contributed by atoms with Gasteiger partial charge in [0.05, 0.1) is 4.47 Å². The molecule has 1 saturated carbocycles. The number of rotatable bonds is 2. The standard InChI is InChI=1S/C10H15BrN4/c11-8-6-13-10(12)15-9(8)14-7-4-2-1-3-5-7/h6-7H,1-5H2,(H3,12,13,14,15). The van der Waals surface area contributed by atoms with E-state index in [0.717, 1.165) is 10.3 Å². The molecule has 0 bridgehead atoms. The van der Waals surface area contributed by atoms with Crippen molar-refractivity contribution < 1.29 is 0 Å². The molecular weight excluding hydrogens is 256 g/mol. The third-order valence-electron chi connectivity index (χ3n) is 2.71. The molecule has 4 nitrogen and oxygen atoms in total. The van der Waals surface area contributed by atoms with E-state index in [1.165, 1.54) is 32.1 Å². The Hall–Kier alpha value is -0.840. The van der Waals surface area contributed by atoms with Gasteiger partial charge < -0.3 is 11.1 Å². The van der Waals surface area contributed by atoms with Crippen molar-refractivity contribution in [3.8, 4) is 0 Å². The first-order valence-corrected chi connectivity index (χ1v) is 6.09. The molecule has 0 spiro atoms. The molecule has 2 rings (SSSR count). The summed E-state index contributed by atoms with van der Waals surface area (Å²) in [6.07, 6.45) is 8.08. The molecule has 82 valence electrons. The molecule has 15 heavy (non-hydrogen) atoms. The quantitative estimate of drug-likeness (QED) is 0.867. The number of nitrogens with zero attached hydrogens (tertiary/aromatic N) is 2. The predicted molar refractivity (Wildman–Crippen MR) is 64.6 cm³/mol. The summed E-state index contributed by atoms with van der Waals surface area (Å²) in [5.41, 5.74) is 5.55. The van der Waals surface area contributed by atoms with Crippen molar-refractivity contribution in [3.05, 3.63) is 10.7 Å². The largest absolute Gasteiger partial charge is 0.368 e. The highest BCUT2D eigenvalue weighted by molar-refractivity contribution is 9.10.